The van der Waals surface area contributed by atoms with E-state index in [1.165, 1.54) is 23.1 Å². The third-order valence-corrected chi connectivity index (χ3v) is 6.61. The molecular weight excluding hydrogens is 418 g/mol. The molecule has 1 atom stereocenters. The highest BCUT2D eigenvalue weighted by atomic mass is 32.2. The Balaban J connectivity index is 1.71. The van der Waals surface area contributed by atoms with E-state index < -0.39 is 0 Å². The van der Waals surface area contributed by atoms with Crippen LogP contribution in [-0.2, 0) is 17.8 Å². The number of nitrogens with zero attached hydrogens (tertiary/aromatic N) is 4. The SMILES string of the molecule is C=CCn1c(Cc2ccc(OC)cc2)nnc1S[C@H](C)C(=O)Nc1nc(C)c(C)s1. The van der Waals surface area contributed by atoms with Crippen molar-refractivity contribution in [3.63, 3.8) is 0 Å². The maximum absolute atomic E-state index is 12.6. The van der Waals surface area contributed by atoms with Crippen LogP contribution in [0.15, 0.2) is 42.1 Å². The smallest absolute Gasteiger partial charge is 0.239 e. The highest BCUT2D eigenvalue weighted by molar-refractivity contribution is 8.00. The number of hydrogen-bond acceptors (Lipinski definition) is 7. The predicted octanol–water partition coefficient (Wildman–Crippen LogP) is 4.26. The molecule has 3 rings (SSSR count). The molecule has 1 N–H and O–H groups in total. The maximum atomic E-state index is 12.6. The van der Waals surface area contributed by atoms with Gasteiger partial charge in [0.1, 0.15) is 11.6 Å². The molecule has 0 spiro atoms. The van der Waals surface area contributed by atoms with E-state index in [2.05, 4.69) is 27.1 Å². The lowest BCUT2D eigenvalue weighted by atomic mass is 10.1. The maximum Gasteiger partial charge on any atom is 0.239 e. The molecule has 0 radical (unpaired) electrons. The normalized spacial score (nSPS) is 11.9. The zero-order valence-electron chi connectivity index (χ0n) is 17.5. The second-order valence-corrected chi connectivity index (χ2v) is 9.24. The monoisotopic (exact) mass is 443 g/mol. The number of thioether (sulfide) groups is 1. The van der Waals surface area contributed by atoms with Gasteiger partial charge in [-0.3, -0.25) is 4.79 Å². The Kier molecular flexibility index (Phi) is 7.28. The number of aromatic nitrogens is 4. The topological polar surface area (TPSA) is 81.9 Å². The van der Waals surface area contributed by atoms with Crippen LogP contribution in [0.25, 0.3) is 0 Å². The van der Waals surface area contributed by atoms with Crippen LogP contribution in [0.3, 0.4) is 0 Å². The average Bonchev–Trinajstić information content (AvgIpc) is 3.25. The Morgan fingerprint density at radius 2 is 2.07 bits per heavy atom. The fraction of sp³-hybridized carbons (Fsp3) is 0.333. The van der Waals surface area contributed by atoms with E-state index in [9.17, 15) is 4.79 Å². The summed E-state index contributed by atoms with van der Waals surface area (Å²) in [5.74, 6) is 1.52. The Morgan fingerprint density at radius 3 is 2.67 bits per heavy atom. The summed E-state index contributed by atoms with van der Waals surface area (Å²) in [6.45, 7) is 10.2. The zero-order valence-corrected chi connectivity index (χ0v) is 19.1. The van der Waals surface area contributed by atoms with Crippen LogP contribution in [-0.4, -0.2) is 38.0 Å². The quantitative estimate of drug-likeness (QED) is 0.393. The summed E-state index contributed by atoms with van der Waals surface area (Å²) in [6, 6.07) is 7.86. The number of allylic oxidation sites excluding steroid dienone is 1. The van der Waals surface area contributed by atoms with Gasteiger partial charge in [0.25, 0.3) is 0 Å². The van der Waals surface area contributed by atoms with Crippen molar-refractivity contribution in [2.45, 2.75) is 44.1 Å². The van der Waals surface area contributed by atoms with Crippen LogP contribution in [0.1, 0.15) is 28.9 Å². The van der Waals surface area contributed by atoms with Gasteiger partial charge in [0.15, 0.2) is 10.3 Å². The van der Waals surface area contributed by atoms with Crippen LogP contribution >= 0.6 is 23.1 Å². The lowest BCUT2D eigenvalue weighted by molar-refractivity contribution is -0.115. The molecule has 9 heteroatoms. The van der Waals surface area contributed by atoms with Crippen molar-refractivity contribution in [1.29, 1.82) is 0 Å². The third kappa shape index (κ3) is 5.28. The minimum Gasteiger partial charge on any atom is -0.497 e. The number of nitrogens with one attached hydrogen (secondary N) is 1. The van der Waals surface area contributed by atoms with Crippen molar-refractivity contribution in [3.8, 4) is 5.75 Å². The van der Waals surface area contributed by atoms with Crippen molar-refractivity contribution in [3.05, 3.63) is 58.9 Å². The summed E-state index contributed by atoms with van der Waals surface area (Å²) in [5, 5.41) is 12.5. The number of methoxy groups -OCH3 is 1. The van der Waals surface area contributed by atoms with E-state index in [0.29, 0.717) is 23.3 Å². The second kappa shape index (κ2) is 9.90. The van der Waals surface area contributed by atoms with Gasteiger partial charge in [0, 0.05) is 17.8 Å². The van der Waals surface area contributed by atoms with Gasteiger partial charge in [0.2, 0.25) is 5.91 Å². The van der Waals surface area contributed by atoms with E-state index >= 15 is 0 Å². The number of amides is 1. The van der Waals surface area contributed by atoms with E-state index in [1.807, 2.05) is 49.6 Å². The Morgan fingerprint density at radius 1 is 1.33 bits per heavy atom. The standard InChI is InChI=1S/C21H25N5O2S2/c1-6-11-26-18(12-16-7-9-17(28-5)10-8-16)24-25-21(26)30-15(4)19(27)23-20-22-13(2)14(3)29-20/h6-10,15H,1,11-12H2,2-5H3,(H,22,23,27)/t15-/m1/s1. The van der Waals surface area contributed by atoms with E-state index in [0.717, 1.165) is 27.7 Å². The van der Waals surface area contributed by atoms with Crippen LogP contribution in [0.4, 0.5) is 5.13 Å². The van der Waals surface area contributed by atoms with E-state index in [4.69, 9.17) is 4.74 Å². The largest absolute Gasteiger partial charge is 0.497 e. The Bertz CT molecular complexity index is 1010. The molecule has 0 fully saturated rings. The van der Waals surface area contributed by atoms with Crippen LogP contribution < -0.4 is 10.1 Å². The first kappa shape index (κ1) is 22.0. The second-order valence-electron chi connectivity index (χ2n) is 6.73. The molecule has 158 valence electrons. The summed E-state index contributed by atoms with van der Waals surface area (Å²) in [6.07, 6.45) is 2.43. The summed E-state index contributed by atoms with van der Waals surface area (Å²) < 4.78 is 7.20. The van der Waals surface area contributed by atoms with Gasteiger partial charge in [-0.2, -0.15) is 0 Å². The molecule has 0 unspecified atom stereocenters. The fourth-order valence-electron chi connectivity index (χ4n) is 2.72. The molecule has 0 aliphatic carbocycles. The molecule has 1 amide bonds. The van der Waals surface area contributed by atoms with E-state index in [-0.39, 0.29) is 11.2 Å². The number of thiazole rings is 1. The number of rotatable bonds is 9. The fourth-order valence-corrected chi connectivity index (χ4v) is 4.42. The van der Waals surface area contributed by atoms with Crippen LogP contribution in [0.2, 0.25) is 0 Å². The summed E-state index contributed by atoms with van der Waals surface area (Å²) in [5.41, 5.74) is 2.04. The van der Waals surface area contributed by atoms with Crippen molar-refractivity contribution in [1.82, 2.24) is 19.7 Å². The molecule has 0 aliphatic rings. The van der Waals surface area contributed by atoms with Gasteiger partial charge in [-0.15, -0.1) is 28.1 Å². The summed E-state index contributed by atoms with van der Waals surface area (Å²) >= 11 is 2.85. The molecule has 2 aromatic heterocycles. The average molecular weight is 444 g/mol. The summed E-state index contributed by atoms with van der Waals surface area (Å²) in [7, 11) is 1.65. The van der Waals surface area contributed by atoms with Crippen molar-refractivity contribution in [2.24, 2.45) is 0 Å². The van der Waals surface area contributed by atoms with Crippen LogP contribution in [0, 0.1) is 13.8 Å². The molecule has 0 aliphatic heterocycles. The molecule has 0 saturated carbocycles. The number of benzene rings is 1. The first-order chi connectivity index (χ1) is 14.4. The molecule has 7 nitrogen and oxygen atoms in total. The highest BCUT2D eigenvalue weighted by Gasteiger charge is 2.21. The number of carbonyl (C=O) groups is 1. The Hall–Kier alpha value is -2.65. The van der Waals surface area contributed by atoms with Gasteiger partial charge in [0.05, 0.1) is 18.1 Å². The van der Waals surface area contributed by atoms with E-state index in [1.54, 1.807) is 13.2 Å². The first-order valence-corrected chi connectivity index (χ1v) is 11.2. The van der Waals surface area contributed by atoms with Gasteiger partial charge in [-0.1, -0.05) is 30.0 Å². The van der Waals surface area contributed by atoms with Crippen molar-refractivity contribution < 1.29 is 9.53 Å². The molecule has 3 aromatic rings. The summed E-state index contributed by atoms with van der Waals surface area (Å²) in [4.78, 5) is 18.1. The van der Waals surface area contributed by atoms with Crippen molar-refractivity contribution in [2.75, 3.05) is 12.4 Å². The van der Waals surface area contributed by atoms with Gasteiger partial charge >= 0.3 is 0 Å². The number of hydrogen-bond donors (Lipinski definition) is 1. The number of aryl methyl sites for hydroxylation is 2. The molecule has 0 bridgehead atoms. The van der Waals surface area contributed by atoms with Gasteiger partial charge in [-0.25, -0.2) is 4.98 Å². The Labute approximate surface area is 184 Å². The minimum absolute atomic E-state index is 0.112. The number of ether oxygens (including phenoxy) is 1. The van der Waals surface area contributed by atoms with Crippen LogP contribution in [0.5, 0.6) is 5.75 Å². The van der Waals surface area contributed by atoms with Gasteiger partial charge in [-0.05, 0) is 38.5 Å². The lowest BCUT2D eigenvalue weighted by Crippen LogP contribution is -2.23. The predicted molar refractivity (Wildman–Crippen MR) is 122 cm³/mol. The minimum atomic E-state index is -0.351. The molecule has 2 heterocycles. The molecule has 0 saturated heterocycles. The van der Waals surface area contributed by atoms with Gasteiger partial charge < -0.3 is 14.6 Å². The lowest BCUT2D eigenvalue weighted by Gasteiger charge is -2.12. The zero-order chi connectivity index (χ0) is 21.7. The number of carbonyl (C=O) groups excluding carboxylic acids is 1. The molecule has 30 heavy (non-hydrogen) atoms. The number of anilines is 1. The van der Waals surface area contributed by atoms with Crippen molar-refractivity contribution >= 4 is 34.1 Å². The first-order valence-electron chi connectivity index (χ1n) is 9.48. The highest BCUT2D eigenvalue weighted by Crippen LogP contribution is 2.26. The molecule has 1 aromatic carbocycles. The third-order valence-electron chi connectivity index (χ3n) is 4.54. The molecular formula is C21H25N5O2S2.